The van der Waals surface area contributed by atoms with Crippen LogP contribution in [0.3, 0.4) is 0 Å². The number of carbonyl (C=O) groups is 1. The summed E-state index contributed by atoms with van der Waals surface area (Å²) in [4.78, 5) is 13.9. The number of amides is 1. The molecule has 3 heteroatoms. The van der Waals surface area contributed by atoms with Crippen LogP contribution in [-0.4, -0.2) is 35.6 Å². The van der Waals surface area contributed by atoms with Gasteiger partial charge in [-0.05, 0) is 25.5 Å². The molecule has 0 saturated carbocycles. The molecule has 1 N–H and O–H groups in total. The highest BCUT2D eigenvalue weighted by molar-refractivity contribution is 5.96. The second-order valence-corrected chi connectivity index (χ2v) is 4.58. The van der Waals surface area contributed by atoms with Crippen molar-refractivity contribution in [1.82, 2.24) is 4.90 Å². The summed E-state index contributed by atoms with van der Waals surface area (Å²) in [6.45, 7) is 5.49. The van der Waals surface area contributed by atoms with Crippen LogP contribution in [0, 0.1) is 19.8 Å². The van der Waals surface area contributed by atoms with Gasteiger partial charge in [0.1, 0.15) is 0 Å². The molecule has 0 aliphatic carbocycles. The minimum atomic E-state index is 0.0888. The first kappa shape index (κ1) is 11.1. The van der Waals surface area contributed by atoms with Gasteiger partial charge in [-0.25, -0.2) is 0 Å². The van der Waals surface area contributed by atoms with E-state index in [4.69, 9.17) is 5.11 Å². The van der Waals surface area contributed by atoms with Crippen LogP contribution in [0.25, 0.3) is 0 Å². The Morgan fingerprint density at radius 1 is 1.44 bits per heavy atom. The maximum absolute atomic E-state index is 12.1. The minimum absolute atomic E-state index is 0.0888. The highest BCUT2D eigenvalue weighted by Crippen LogP contribution is 2.20. The fourth-order valence-corrected chi connectivity index (χ4v) is 1.99. The molecular weight excluding hydrogens is 202 g/mol. The van der Waals surface area contributed by atoms with Crippen molar-refractivity contribution in [1.29, 1.82) is 0 Å². The SMILES string of the molecule is Cc1ccc(C)c(C(=O)N2CC(CO)C2)c1. The van der Waals surface area contributed by atoms with Gasteiger partial charge >= 0.3 is 0 Å². The number of aliphatic hydroxyl groups is 1. The van der Waals surface area contributed by atoms with Gasteiger partial charge in [-0.15, -0.1) is 0 Å². The highest BCUT2D eigenvalue weighted by atomic mass is 16.3. The molecule has 0 atom stereocenters. The van der Waals surface area contributed by atoms with E-state index in [1.54, 1.807) is 4.90 Å². The van der Waals surface area contributed by atoms with Crippen molar-refractivity contribution in [3.63, 3.8) is 0 Å². The predicted molar refractivity (Wildman–Crippen MR) is 62.4 cm³/mol. The Bertz CT molecular complexity index is 408. The third kappa shape index (κ3) is 1.95. The number of aliphatic hydroxyl groups excluding tert-OH is 1. The molecule has 1 aromatic rings. The molecule has 1 saturated heterocycles. The van der Waals surface area contributed by atoms with Crippen LogP contribution >= 0.6 is 0 Å². The van der Waals surface area contributed by atoms with Crippen molar-refractivity contribution in [2.75, 3.05) is 19.7 Å². The molecule has 16 heavy (non-hydrogen) atoms. The molecular formula is C13H17NO2. The number of likely N-dealkylation sites (tertiary alicyclic amines) is 1. The molecule has 3 nitrogen and oxygen atoms in total. The molecule has 0 radical (unpaired) electrons. The number of hydrogen-bond acceptors (Lipinski definition) is 2. The summed E-state index contributed by atoms with van der Waals surface area (Å²) in [6.07, 6.45) is 0. The van der Waals surface area contributed by atoms with Crippen LogP contribution in [0.4, 0.5) is 0 Å². The molecule has 0 spiro atoms. The normalized spacial score (nSPS) is 16.1. The van der Waals surface area contributed by atoms with Crippen LogP contribution in [0.15, 0.2) is 18.2 Å². The summed E-state index contributed by atoms with van der Waals surface area (Å²) in [5, 5.41) is 8.92. The van der Waals surface area contributed by atoms with Gasteiger partial charge in [0, 0.05) is 31.2 Å². The Kier molecular flexibility index (Phi) is 2.97. The topological polar surface area (TPSA) is 40.5 Å². The van der Waals surface area contributed by atoms with E-state index in [2.05, 4.69) is 0 Å². The Labute approximate surface area is 95.7 Å². The second-order valence-electron chi connectivity index (χ2n) is 4.58. The van der Waals surface area contributed by atoms with Gasteiger partial charge in [-0.1, -0.05) is 17.7 Å². The summed E-state index contributed by atoms with van der Waals surface area (Å²) in [5.74, 6) is 0.361. The number of rotatable bonds is 2. The lowest BCUT2D eigenvalue weighted by Crippen LogP contribution is -2.51. The first-order valence-electron chi connectivity index (χ1n) is 5.59. The molecule has 0 aromatic heterocycles. The molecule has 0 unspecified atom stereocenters. The van der Waals surface area contributed by atoms with Crippen LogP contribution in [0.2, 0.25) is 0 Å². The minimum Gasteiger partial charge on any atom is -0.396 e. The molecule has 1 aliphatic rings. The zero-order valence-corrected chi connectivity index (χ0v) is 9.73. The summed E-state index contributed by atoms with van der Waals surface area (Å²) >= 11 is 0. The van der Waals surface area contributed by atoms with Gasteiger partial charge in [0.05, 0.1) is 0 Å². The van der Waals surface area contributed by atoms with Crippen molar-refractivity contribution in [2.45, 2.75) is 13.8 Å². The molecule has 1 amide bonds. The number of nitrogens with zero attached hydrogens (tertiary/aromatic N) is 1. The first-order chi connectivity index (χ1) is 7.61. The van der Waals surface area contributed by atoms with Gasteiger partial charge < -0.3 is 10.0 Å². The number of carbonyl (C=O) groups excluding carboxylic acids is 1. The summed E-state index contributed by atoms with van der Waals surface area (Å²) in [6, 6.07) is 5.93. The molecule has 1 aliphatic heterocycles. The molecule has 0 bridgehead atoms. The zero-order chi connectivity index (χ0) is 11.7. The smallest absolute Gasteiger partial charge is 0.254 e. The Morgan fingerprint density at radius 2 is 2.12 bits per heavy atom. The lowest BCUT2D eigenvalue weighted by Gasteiger charge is -2.38. The zero-order valence-electron chi connectivity index (χ0n) is 9.73. The number of benzene rings is 1. The van der Waals surface area contributed by atoms with Crippen LogP contribution in [0.1, 0.15) is 21.5 Å². The summed E-state index contributed by atoms with van der Waals surface area (Å²) in [7, 11) is 0. The lowest BCUT2D eigenvalue weighted by molar-refractivity contribution is 0.0361. The third-order valence-corrected chi connectivity index (χ3v) is 3.13. The summed E-state index contributed by atoms with van der Waals surface area (Å²) in [5.41, 5.74) is 2.91. The lowest BCUT2D eigenvalue weighted by atomic mass is 9.98. The van der Waals surface area contributed by atoms with E-state index in [-0.39, 0.29) is 18.4 Å². The monoisotopic (exact) mass is 219 g/mol. The molecule has 86 valence electrons. The fourth-order valence-electron chi connectivity index (χ4n) is 1.99. The van der Waals surface area contributed by atoms with Gasteiger partial charge in [0.15, 0.2) is 0 Å². The number of aryl methyl sites for hydroxylation is 2. The summed E-state index contributed by atoms with van der Waals surface area (Å²) < 4.78 is 0. The average molecular weight is 219 g/mol. The van der Waals surface area contributed by atoms with Crippen molar-refractivity contribution in [3.8, 4) is 0 Å². The molecule has 1 fully saturated rings. The molecule has 2 rings (SSSR count). The van der Waals surface area contributed by atoms with Gasteiger partial charge in [0.2, 0.25) is 0 Å². The predicted octanol–water partition coefficient (Wildman–Crippen LogP) is 1.37. The molecule has 1 heterocycles. The quantitative estimate of drug-likeness (QED) is 0.816. The van der Waals surface area contributed by atoms with Crippen molar-refractivity contribution in [3.05, 3.63) is 34.9 Å². The van der Waals surface area contributed by atoms with Gasteiger partial charge in [-0.3, -0.25) is 4.79 Å². The maximum Gasteiger partial charge on any atom is 0.254 e. The van der Waals surface area contributed by atoms with E-state index in [0.717, 1.165) is 16.7 Å². The Balaban J connectivity index is 2.13. The maximum atomic E-state index is 12.1. The Morgan fingerprint density at radius 3 is 2.75 bits per heavy atom. The largest absolute Gasteiger partial charge is 0.396 e. The first-order valence-corrected chi connectivity index (χ1v) is 5.59. The van der Waals surface area contributed by atoms with E-state index < -0.39 is 0 Å². The van der Waals surface area contributed by atoms with Gasteiger partial charge in [-0.2, -0.15) is 0 Å². The average Bonchev–Trinajstić information content (AvgIpc) is 2.20. The molecule has 1 aromatic carbocycles. The third-order valence-electron chi connectivity index (χ3n) is 3.13. The van der Waals surface area contributed by atoms with Crippen LogP contribution in [0.5, 0.6) is 0 Å². The Hall–Kier alpha value is -1.35. The van der Waals surface area contributed by atoms with Crippen LogP contribution in [-0.2, 0) is 0 Å². The second kappa shape index (κ2) is 4.26. The van der Waals surface area contributed by atoms with Crippen molar-refractivity contribution in [2.24, 2.45) is 5.92 Å². The van der Waals surface area contributed by atoms with E-state index in [1.807, 2.05) is 32.0 Å². The van der Waals surface area contributed by atoms with E-state index in [9.17, 15) is 4.79 Å². The van der Waals surface area contributed by atoms with E-state index in [0.29, 0.717) is 13.1 Å². The van der Waals surface area contributed by atoms with Crippen molar-refractivity contribution < 1.29 is 9.90 Å². The standard InChI is InChI=1S/C13H17NO2/c1-9-3-4-10(2)12(5-9)13(16)14-6-11(7-14)8-15/h3-5,11,15H,6-8H2,1-2H3. The number of hydrogen-bond donors (Lipinski definition) is 1. The van der Waals surface area contributed by atoms with Crippen LogP contribution < -0.4 is 0 Å². The van der Waals surface area contributed by atoms with E-state index >= 15 is 0 Å². The van der Waals surface area contributed by atoms with Crippen molar-refractivity contribution >= 4 is 5.91 Å². The van der Waals surface area contributed by atoms with Gasteiger partial charge in [0.25, 0.3) is 5.91 Å². The fraction of sp³-hybridized carbons (Fsp3) is 0.462. The highest BCUT2D eigenvalue weighted by Gasteiger charge is 2.30. The van der Waals surface area contributed by atoms with E-state index in [1.165, 1.54) is 0 Å².